The van der Waals surface area contributed by atoms with Gasteiger partial charge in [0.1, 0.15) is 11.9 Å². The van der Waals surface area contributed by atoms with Crippen molar-refractivity contribution in [3.63, 3.8) is 0 Å². The molecule has 1 aromatic heterocycles. The Bertz CT molecular complexity index is 1290. The molecule has 0 radical (unpaired) electrons. The first-order valence-corrected chi connectivity index (χ1v) is 13.6. The third-order valence-corrected chi connectivity index (χ3v) is 8.73. The average Bonchev–Trinajstić information content (AvgIpc) is 3.18. The van der Waals surface area contributed by atoms with E-state index in [1.165, 1.54) is 16.7 Å². The van der Waals surface area contributed by atoms with Crippen LogP contribution in [0.3, 0.4) is 0 Å². The summed E-state index contributed by atoms with van der Waals surface area (Å²) < 4.78 is 40.9. The molecular formula is C28H33ClF3N5O2. The number of benzene rings is 1. The zero-order chi connectivity index (χ0) is 28.2. The molecule has 4 heterocycles. The number of carbonyl (C=O) groups is 2. The van der Waals surface area contributed by atoms with Gasteiger partial charge >= 0.3 is 6.18 Å². The molecule has 1 aromatic carbocycles. The van der Waals surface area contributed by atoms with Crippen molar-refractivity contribution in [2.75, 3.05) is 48.4 Å². The highest BCUT2D eigenvalue weighted by molar-refractivity contribution is 6.34. The zero-order valence-electron chi connectivity index (χ0n) is 22.5. The summed E-state index contributed by atoms with van der Waals surface area (Å²) in [4.78, 5) is 38.8. The van der Waals surface area contributed by atoms with Crippen LogP contribution >= 0.6 is 11.6 Å². The van der Waals surface area contributed by atoms with Gasteiger partial charge in [-0.05, 0) is 70.5 Å². The van der Waals surface area contributed by atoms with Crippen molar-refractivity contribution in [1.29, 1.82) is 0 Å². The number of pyridine rings is 1. The van der Waals surface area contributed by atoms with Crippen LogP contribution in [0.25, 0.3) is 0 Å². The molecule has 2 fully saturated rings. The van der Waals surface area contributed by atoms with Crippen LogP contribution in [0, 0.1) is 18.8 Å². The number of para-hydroxylation sites is 1. The minimum atomic E-state index is -4.61. The SMILES string of the molecule is Cc1cc(C(F)(F)F)cc(N2C(=O)C[C@@H]3CN(C[C@H]4CCN(C)[C@H](C)C4)c4c(Cl)cccc4N(C)C(=O)[C@H]32)n1. The number of amides is 2. The Morgan fingerprint density at radius 3 is 2.59 bits per heavy atom. The van der Waals surface area contributed by atoms with Crippen molar-refractivity contribution >= 4 is 40.6 Å². The second-order valence-electron chi connectivity index (χ2n) is 11.2. The summed E-state index contributed by atoms with van der Waals surface area (Å²) in [6.45, 7) is 5.72. The number of likely N-dealkylation sites (tertiary alicyclic amines) is 1. The Labute approximate surface area is 231 Å². The number of hydrogen-bond acceptors (Lipinski definition) is 5. The van der Waals surface area contributed by atoms with Crippen molar-refractivity contribution in [2.24, 2.45) is 11.8 Å². The molecule has 3 aliphatic heterocycles. The highest BCUT2D eigenvalue weighted by Gasteiger charge is 2.49. The van der Waals surface area contributed by atoms with E-state index in [2.05, 4.69) is 28.8 Å². The summed E-state index contributed by atoms with van der Waals surface area (Å²) in [7, 11) is 3.75. The van der Waals surface area contributed by atoms with Gasteiger partial charge in [-0.15, -0.1) is 0 Å². The van der Waals surface area contributed by atoms with E-state index in [1.807, 2.05) is 6.07 Å². The van der Waals surface area contributed by atoms with Crippen LogP contribution in [0.2, 0.25) is 5.02 Å². The Hall–Kier alpha value is -2.85. The molecule has 4 atom stereocenters. The van der Waals surface area contributed by atoms with Crippen LogP contribution < -0.4 is 14.7 Å². The number of piperidine rings is 1. The Kier molecular flexibility index (Phi) is 7.30. The van der Waals surface area contributed by atoms with Crippen molar-refractivity contribution in [3.05, 3.63) is 46.6 Å². The van der Waals surface area contributed by atoms with Crippen molar-refractivity contribution in [2.45, 2.75) is 51.4 Å². The molecular weight excluding hydrogens is 531 g/mol. The predicted molar refractivity (Wildman–Crippen MR) is 145 cm³/mol. The molecule has 3 aliphatic rings. The third kappa shape index (κ3) is 5.20. The van der Waals surface area contributed by atoms with E-state index in [4.69, 9.17) is 11.6 Å². The first kappa shape index (κ1) is 27.7. The standard InChI is InChI=1S/C28H33ClF3N5O2/c1-16-10-20(28(30,31)32)13-23(33-16)37-24(38)12-19-15-36(14-18-8-9-34(3)17(2)11-18)26-21(29)6-5-7-22(26)35(4)27(39)25(19)37/h5-7,10,13,17-19,25H,8-9,11-12,14-15H2,1-4H3/t17-,18+,19-,25+/m1/s1. The van der Waals surface area contributed by atoms with Crippen molar-refractivity contribution in [3.8, 4) is 0 Å². The van der Waals surface area contributed by atoms with Crippen LogP contribution in [0.5, 0.6) is 0 Å². The third-order valence-electron chi connectivity index (χ3n) is 8.42. The lowest BCUT2D eigenvalue weighted by Gasteiger charge is -2.42. The van der Waals surface area contributed by atoms with Gasteiger partial charge in [0.25, 0.3) is 0 Å². The van der Waals surface area contributed by atoms with E-state index in [9.17, 15) is 22.8 Å². The van der Waals surface area contributed by atoms with Gasteiger partial charge in [-0.3, -0.25) is 14.5 Å². The number of rotatable bonds is 3. The molecule has 2 amide bonds. The quantitative estimate of drug-likeness (QED) is 0.526. The van der Waals surface area contributed by atoms with Crippen molar-refractivity contribution < 1.29 is 22.8 Å². The predicted octanol–water partition coefficient (Wildman–Crippen LogP) is 5.00. The minimum absolute atomic E-state index is 0.0291. The maximum atomic E-state index is 13.9. The maximum absolute atomic E-state index is 13.9. The highest BCUT2D eigenvalue weighted by Crippen LogP contribution is 2.43. The molecule has 7 nitrogen and oxygen atoms in total. The smallest absolute Gasteiger partial charge is 0.368 e. The van der Waals surface area contributed by atoms with Gasteiger partial charge in [-0.2, -0.15) is 13.2 Å². The summed E-state index contributed by atoms with van der Waals surface area (Å²) in [6.07, 6.45) is -2.56. The fourth-order valence-corrected chi connectivity index (χ4v) is 6.58. The van der Waals surface area contributed by atoms with E-state index in [1.54, 1.807) is 19.2 Å². The number of nitrogens with zero attached hydrogens (tertiary/aromatic N) is 5. The molecule has 0 N–H and O–H groups in total. The van der Waals surface area contributed by atoms with Crippen LogP contribution in [-0.2, 0) is 15.8 Å². The van der Waals surface area contributed by atoms with E-state index in [0.717, 1.165) is 37.2 Å². The molecule has 210 valence electrons. The van der Waals surface area contributed by atoms with Gasteiger partial charge in [0.05, 0.1) is 22.0 Å². The molecule has 5 rings (SSSR count). The second kappa shape index (κ2) is 10.3. The first-order valence-electron chi connectivity index (χ1n) is 13.2. The Balaban J connectivity index is 1.56. The number of likely N-dealkylation sites (N-methyl/N-ethyl adjacent to an activating group) is 1. The Morgan fingerprint density at radius 1 is 1.15 bits per heavy atom. The normalized spacial score (nSPS) is 26.4. The topological polar surface area (TPSA) is 60.0 Å². The number of alkyl halides is 3. The van der Waals surface area contributed by atoms with E-state index >= 15 is 0 Å². The molecule has 2 saturated heterocycles. The number of hydrogen-bond donors (Lipinski definition) is 0. The first-order chi connectivity index (χ1) is 18.3. The maximum Gasteiger partial charge on any atom is 0.416 e. The summed E-state index contributed by atoms with van der Waals surface area (Å²) in [5, 5.41) is 0.517. The molecule has 2 aromatic rings. The number of fused-ring (bicyclic) bond motifs is 2. The minimum Gasteiger partial charge on any atom is -0.368 e. The van der Waals surface area contributed by atoms with Gasteiger partial charge in [-0.25, -0.2) is 4.98 Å². The molecule has 0 aliphatic carbocycles. The van der Waals surface area contributed by atoms with Crippen LogP contribution in [-0.4, -0.2) is 67.5 Å². The fraction of sp³-hybridized carbons (Fsp3) is 0.536. The largest absolute Gasteiger partial charge is 0.416 e. The van der Waals surface area contributed by atoms with E-state index < -0.39 is 29.6 Å². The molecule has 11 heteroatoms. The van der Waals surface area contributed by atoms with Gasteiger partial charge < -0.3 is 14.7 Å². The lowest BCUT2D eigenvalue weighted by atomic mass is 9.90. The lowest BCUT2D eigenvalue weighted by Crippen LogP contribution is -2.53. The zero-order valence-corrected chi connectivity index (χ0v) is 23.3. The summed E-state index contributed by atoms with van der Waals surface area (Å²) in [5.41, 5.74) is 0.583. The van der Waals surface area contributed by atoms with Gasteiger partial charge in [0, 0.05) is 44.2 Å². The molecule has 0 saturated carbocycles. The molecule has 39 heavy (non-hydrogen) atoms. The lowest BCUT2D eigenvalue weighted by molar-refractivity contribution is -0.137. The molecule has 0 unspecified atom stereocenters. The number of halogens is 4. The fourth-order valence-electron chi connectivity index (χ4n) is 6.29. The molecule has 0 spiro atoms. The monoisotopic (exact) mass is 563 g/mol. The Morgan fingerprint density at radius 2 is 1.90 bits per heavy atom. The van der Waals surface area contributed by atoms with Gasteiger partial charge in [0.15, 0.2) is 0 Å². The highest BCUT2D eigenvalue weighted by atomic mass is 35.5. The van der Waals surface area contributed by atoms with Crippen molar-refractivity contribution in [1.82, 2.24) is 9.88 Å². The number of aromatic nitrogens is 1. The average molecular weight is 564 g/mol. The van der Waals surface area contributed by atoms with Gasteiger partial charge in [-0.1, -0.05) is 17.7 Å². The summed E-state index contributed by atoms with van der Waals surface area (Å²) in [6, 6.07) is 6.64. The number of aryl methyl sites for hydroxylation is 1. The van der Waals surface area contributed by atoms with Crippen LogP contribution in [0.15, 0.2) is 30.3 Å². The van der Waals surface area contributed by atoms with Crippen LogP contribution in [0.1, 0.15) is 37.4 Å². The van der Waals surface area contributed by atoms with Gasteiger partial charge in [0.2, 0.25) is 11.8 Å². The van der Waals surface area contributed by atoms with Crippen LogP contribution in [0.4, 0.5) is 30.4 Å². The number of carbonyl (C=O) groups excluding carboxylic acids is 2. The summed E-state index contributed by atoms with van der Waals surface area (Å²) in [5.74, 6) is -0.997. The molecule has 0 bridgehead atoms. The number of anilines is 3. The second-order valence-corrected chi connectivity index (χ2v) is 11.6. The van der Waals surface area contributed by atoms with E-state index in [-0.39, 0.29) is 23.8 Å². The van der Waals surface area contributed by atoms with E-state index in [0.29, 0.717) is 35.8 Å². The summed E-state index contributed by atoms with van der Waals surface area (Å²) >= 11 is 6.74.